The van der Waals surface area contributed by atoms with Crippen LogP contribution >= 0.6 is 0 Å². The van der Waals surface area contributed by atoms with Crippen molar-refractivity contribution in [2.45, 2.75) is 31.8 Å². The first-order valence-electron chi connectivity index (χ1n) is 9.17. The molecule has 3 aliphatic heterocycles. The van der Waals surface area contributed by atoms with Crippen molar-refractivity contribution in [3.8, 4) is 0 Å². The van der Waals surface area contributed by atoms with E-state index in [1.54, 1.807) is 4.90 Å². The lowest BCUT2D eigenvalue weighted by Crippen LogP contribution is -2.58. The fourth-order valence-electron chi connectivity index (χ4n) is 3.61. The van der Waals surface area contributed by atoms with Crippen LogP contribution in [0.5, 0.6) is 0 Å². The summed E-state index contributed by atoms with van der Waals surface area (Å²) in [6.07, 6.45) is 1.50. The molecule has 0 aliphatic carbocycles. The highest BCUT2D eigenvalue weighted by molar-refractivity contribution is 6.02. The van der Waals surface area contributed by atoms with Gasteiger partial charge in [-0.3, -0.25) is 14.9 Å². The van der Waals surface area contributed by atoms with E-state index in [0.717, 1.165) is 43.2 Å². The first kappa shape index (κ1) is 17.7. The summed E-state index contributed by atoms with van der Waals surface area (Å²) in [4.78, 5) is 39.6. The van der Waals surface area contributed by atoms with E-state index in [-0.39, 0.29) is 12.3 Å². The van der Waals surface area contributed by atoms with Crippen LogP contribution in [0.3, 0.4) is 0 Å². The predicted molar refractivity (Wildman–Crippen MR) is 93.9 cm³/mol. The highest BCUT2D eigenvalue weighted by atomic mass is 16.5. The van der Waals surface area contributed by atoms with E-state index < -0.39 is 18.0 Å². The highest BCUT2D eigenvalue weighted by Crippen LogP contribution is 2.22. The van der Waals surface area contributed by atoms with E-state index in [4.69, 9.17) is 4.74 Å². The van der Waals surface area contributed by atoms with Crippen LogP contribution in [0.4, 0.5) is 10.6 Å². The number of fused-ring (bicyclic) bond motifs is 1. The number of rotatable bonds is 2. The number of anilines is 1. The van der Waals surface area contributed by atoms with E-state index in [2.05, 4.69) is 25.7 Å². The lowest BCUT2D eigenvalue weighted by molar-refractivity contribution is -0.137. The number of nitrogens with zero attached hydrogens (tertiary/aromatic N) is 4. The SMILES string of the molecule is O=C1C[C@@H](C(=O)N2CCc3nnc(N4CCCOCC4)cc3C2)NC(=O)N1. The predicted octanol–water partition coefficient (Wildman–Crippen LogP) is -0.814. The van der Waals surface area contributed by atoms with Gasteiger partial charge >= 0.3 is 6.03 Å². The standard InChI is InChI=1S/C17H22N6O4/c24-15-9-13(18-17(26)19-15)16(25)23-4-2-12-11(10-23)8-14(21-20-12)22-3-1-6-27-7-5-22/h8,13H,1-7,9-10H2,(H2,18,19,24,26)/t13-/m0/s1. The maximum absolute atomic E-state index is 12.8. The summed E-state index contributed by atoms with van der Waals surface area (Å²) in [6.45, 7) is 3.92. The van der Waals surface area contributed by atoms with Gasteiger partial charge in [-0.15, -0.1) is 5.10 Å². The van der Waals surface area contributed by atoms with Crippen LogP contribution in [0.25, 0.3) is 0 Å². The van der Waals surface area contributed by atoms with Crippen LogP contribution in [-0.4, -0.2) is 71.8 Å². The molecule has 0 aromatic carbocycles. The van der Waals surface area contributed by atoms with Gasteiger partial charge in [-0.25, -0.2) is 4.79 Å². The van der Waals surface area contributed by atoms with E-state index in [9.17, 15) is 14.4 Å². The van der Waals surface area contributed by atoms with Gasteiger partial charge in [-0.1, -0.05) is 0 Å². The second kappa shape index (κ2) is 7.47. The van der Waals surface area contributed by atoms with E-state index >= 15 is 0 Å². The summed E-state index contributed by atoms with van der Waals surface area (Å²) in [5, 5.41) is 13.4. The Morgan fingerprint density at radius 1 is 1.19 bits per heavy atom. The zero-order chi connectivity index (χ0) is 18.8. The summed E-state index contributed by atoms with van der Waals surface area (Å²) < 4.78 is 5.48. The maximum Gasteiger partial charge on any atom is 0.322 e. The molecule has 0 unspecified atom stereocenters. The number of urea groups is 1. The summed E-state index contributed by atoms with van der Waals surface area (Å²) in [5.41, 5.74) is 1.84. The van der Waals surface area contributed by atoms with Crippen LogP contribution in [0, 0.1) is 0 Å². The average molecular weight is 374 g/mol. The Kier molecular flexibility index (Phi) is 4.88. The Morgan fingerprint density at radius 3 is 2.93 bits per heavy atom. The highest BCUT2D eigenvalue weighted by Gasteiger charge is 2.34. The van der Waals surface area contributed by atoms with Crippen LogP contribution < -0.4 is 15.5 Å². The Balaban J connectivity index is 1.48. The normalized spacial score (nSPS) is 23.2. The second-order valence-electron chi connectivity index (χ2n) is 6.92. The van der Waals surface area contributed by atoms with Crippen LogP contribution in [0.15, 0.2) is 6.07 Å². The fraction of sp³-hybridized carbons (Fsp3) is 0.588. The molecule has 1 aromatic rings. The van der Waals surface area contributed by atoms with Crippen molar-refractivity contribution in [3.05, 3.63) is 17.3 Å². The topological polar surface area (TPSA) is 117 Å². The number of nitrogens with one attached hydrogen (secondary N) is 2. The Hall–Kier alpha value is -2.75. The fourth-order valence-corrected chi connectivity index (χ4v) is 3.61. The zero-order valence-electron chi connectivity index (χ0n) is 14.9. The minimum atomic E-state index is -0.815. The number of aromatic nitrogens is 2. The number of hydrogen-bond donors (Lipinski definition) is 2. The summed E-state index contributed by atoms with van der Waals surface area (Å²) in [7, 11) is 0. The summed E-state index contributed by atoms with van der Waals surface area (Å²) in [5.74, 6) is 0.107. The molecular weight excluding hydrogens is 352 g/mol. The van der Waals surface area contributed by atoms with Crippen molar-refractivity contribution in [3.63, 3.8) is 0 Å². The minimum Gasteiger partial charge on any atom is -0.380 e. The van der Waals surface area contributed by atoms with E-state index in [1.165, 1.54) is 0 Å². The summed E-state index contributed by atoms with van der Waals surface area (Å²) >= 11 is 0. The first-order valence-corrected chi connectivity index (χ1v) is 9.17. The molecule has 1 aromatic heterocycles. The average Bonchev–Trinajstić information content (AvgIpc) is 2.95. The molecule has 1 atom stereocenters. The third-order valence-electron chi connectivity index (χ3n) is 5.03. The molecule has 2 fully saturated rings. The molecule has 3 aliphatic rings. The van der Waals surface area contributed by atoms with Crippen LogP contribution in [0.2, 0.25) is 0 Å². The van der Waals surface area contributed by atoms with Gasteiger partial charge < -0.3 is 19.9 Å². The molecule has 4 amide bonds. The largest absolute Gasteiger partial charge is 0.380 e. The molecule has 4 heterocycles. The van der Waals surface area contributed by atoms with E-state index in [0.29, 0.717) is 26.1 Å². The number of carbonyl (C=O) groups is 3. The first-order chi connectivity index (χ1) is 13.1. The zero-order valence-corrected chi connectivity index (χ0v) is 14.9. The number of carbonyl (C=O) groups excluding carboxylic acids is 3. The smallest absolute Gasteiger partial charge is 0.322 e. The van der Waals surface area contributed by atoms with Crippen molar-refractivity contribution in [1.29, 1.82) is 0 Å². The molecule has 10 nitrogen and oxygen atoms in total. The van der Waals surface area contributed by atoms with Gasteiger partial charge in [0.15, 0.2) is 5.82 Å². The van der Waals surface area contributed by atoms with Gasteiger partial charge in [0, 0.05) is 39.2 Å². The minimum absolute atomic E-state index is 0.0401. The number of imide groups is 1. The maximum atomic E-state index is 12.8. The number of amides is 4. The van der Waals surface area contributed by atoms with Crippen molar-refractivity contribution in [2.24, 2.45) is 0 Å². The molecule has 27 heavy (non-hydrogen) atoms. The third-order valence-corrected chi connectivity index (χ3v) is 5.03. The van der Waals surface area contributed by atoms with Gasteiger partial charge in [0.25, 0.3) is 0 Å². The molecule has 0 spiro atoms. The lowest BCUT2D eigenvalue weighted by Gasteiger charge is -2.33. The van der Waals surface area contributed by atoms with Gasteiger partial charge in [0.05, 0.1) is 18.7 Å². The van der Waals surface area contributed by atoms with Crippen LogP contribution in [0.1, 0.15) is 24.1 Å². The Bertz CT molecular complexity index is 746. The number of hydrogen-bond acceptors (Lipinski definition) is 7. The quantitative estimate of drug-likeness (QED) is 0.695. The van der Waals surface area contributed by atoms with E-state index in [1.807, 2.05) is 6.07 Å². The molecule has 0 saturated carbocycles. The van der Waals surface area contributed by atoms with Gasteiger partial charge in [-0.2, -0.15) is 5.10 Å². The molecule has 2 N–H and O–H groups in total. The Labute approximate surface area is 156 Å². The molecular formula is C17H22N6O4. The van der Waals surface area contributed by atoms with Gasteiger partial charge in [0.2, 0.25) is 11.8 Å². The third kappa shape index (κ3) is 3.85. The molecule has 2 saturated heterocycles. The van der Waals surface area contributed by atoms with Crippen molar-refractivity contribution < 1.29 is 19.1 Å². The lowest BCUT2D eigenvalue weighted by atomic mass is 10.0. The molecule has 10 heteroatoms. The molecule has 144 valence electrons. The Morgan fingerprint density at radius 2 is 2.07 bits per heavy atom. The van der Waals surface area contributed by atoms with Crippen molar-refractivity contribution in [1.82, 2.24) is 25.7 Å². The van der Waals surface area contributed by atoms with Crippen LogP contribution in [-0.2, 0) is 27.3 Å². The monoisotopic (exact) mass is 374 g/mol. The van der Waals surface area contributed by atoms with Crippen molar-refractivity contribution in [2.75, 3.05) is 37.7 Å². The van der Waals surface area contributed by atoms with Gasteiger partial charge in [-0.05, 0) is 18.1 Å². The van der Waals surface area contributed by atoms with Gasteiger partial charge in [0.1, 0.15) is 6.04 Å². The molecule has 0 bridgehead atoms. The molecule has 4 rings (SSSR count). The second-order valence-corrected chi connectivity index (χ2v) is 6.92. The van der Waals surface area contributed by atoms with Crippen molar-refractivity contribution >= 4 is 23.7 Å². The number of ether oxygens (including phenoxy) is 1. The summed E-state index contributed by atoms with van der Waals surface area (Å²) in [6, 6.07) is 0.544. The molecule has 0 radical (unpaired) electrons.